The minimum absolute atomic E-state index is 0. The quantitative estimate of drug-likeness (QED) is 0.366. The maximum absolute atomic E-state index is 7.00. The molecule has 0 unspecified atom stereocenters. The zero-order valence-corrected chi connectivity index (χ0v) is 7.43. The van der Waals surface area contributed by atoms with Crippen molar-refractivity contribution >= 4 is 0 Å². The second-order valence-corrected chi connectivity index (χ2v) is 0. The monoisotopic (exact) mass is 213 g/mol. The molecule has 0 saturated carbocycles. The minimum Gasteiger partial charge on any atom is -0.400 e. The van der Waals surface area contributed by atoms with Crippen LogP contribution in [0.25, 0.3) is 0 Å². The Balaban J connectivity index is -0.00000000500. The van der Waals surface area contributed by atoms with Gasteiger partial charge in [-0.15, -0.1) is 0 Å². The van der Waals surface area contributed by atoms with Crippen molar-refractivity contribution in [3.8, 4) is 0 Å². The molecular weight excluding hydrogens is 197 g/mol. The Morgan fingerprint density at radius 3 is 0.625 bits per heavy atom. The Labute approximate surface area is 64.1 Å². The van der Waals surface area contributed by atoms with E-state index < -0.39 is 0 Å². The van der Waals surface area contributed by atoms with E-state index in [4.69, 9.17) is 15.3 Å². The van der Waals surface area contributed by atoms with Crippen molar-refractivity contribution in [2.45, 2.75) is 0 Å². The number of aliphatic hydroxyl groups is 3. The number of hydrogen-bond donors (Lipinski definition) is 3. The van der Waals surface area contributed by atoms with E-state index >= 15 is 0 Å². The fourth-order valence-electron chi connectivity index (χ4n) is 0. The molecule has 0 aliphatic rings. The Morgan fingerprint density at radius 2 is 0.625 bits per heavy atom. The Bertz CT molecular complexity index is 11.2. The van der Waals surface area contributed by atoms with Gasteiger partial charge in [0.05, 0.1) is 0 Å². The van der Waals surface area contributed by atoms with Crippen LogP contribution in [0.1, 0.15) is 0 Å². The van der Waals surface area contributed by atoms with Crippen molar-refractivity contribution in [1.82, 2.24) is 0 Å². The fourth-order valence-corrected chi connectivity index (χ4v) is 0. The zero-order chi connectivity index (χ0) is 6.00. The van der Waals surface area contributed by atoms with E-state index in [0.29, 0.717) is 0 Å². The van der Waals surface area contributed by atoms with Crippen LogP contribution in [0.2, 0.25) is 0 Å². The molecule has 3 N–H and O–H groups in total. The van der Waals surface area contributed by atoms with Crippen LogP contribution >= 0.6 is 0 Å². The zero-order valence-electron chi connectivity index (χ0n) is 5.70. The first-order valence-corrected chi connectivity index (χ1v) is 1.34. The maximum Gasteiger partial charge on any atom is 1.00 e. The summed E-state index contributed by atoms with van der Waals surface area (Å²) in [5, 5.41) is 21.0. The van der Waals surface area contributed by atoms with Crippen LogP contribution in [0, 0.1) is 7.43 Å². The average Bonchev–Trinajstić information content (AvgIpc) is 1.81. The molecule has 0 fully saturated rings. The van der Waals surface area contributed by atoms with Gasteiger partial charge < -0.3 is 22.7 Å². The van der Waals surface area contributed by atoms with Crippen LogP contribution in [-0.4, -0.2) is 36.6 Å². The van der Waals surface area contributed by atoms with Gasteiger partial charge in [0.15, 0.2) is 0 Å². The van der Waals surface area contributed by atoms with Crippen LogP contribution in [0.15, 0.2) is 0 Å². The predicted molar refractivity (Wildman–Crippen MR) is 30.8 cm³/mol. The summed E-state index contributed by atoms with van der Waals surface area (Å²) in [7, 11) is 3.00. The Hall–Kier alpha value is 0.503. The third kappa shape index (κ3) is 777. The van der Waals surface area contributed by atoms with Gasteiger partial charge in [0.1, 0.15) is 0 Å². The molecule has 0 amide bonds. The number of aliphatic hydroxyl groups excluding tert-OH is 3. The second-order valence-electron chi connectivity index (χ2n) is 0. The summed E-state index contributed by atoms with van der Waals surface area (Å²) in [6.45, 7) is 0. The molecule has 0 aromatic heterocycles. The van der Waals surface area contributed by atoms with Gasteiger partial charge in [-0.2, -0.15) is 0 Å². The molecule has 0 atom stereocenters. The number of hydrogen-bond acceptors (Lipinski definition) is 3. The predicted octanol–water partition coefficient (Wildman–Crippen LogP) is -0.727. The molecule has 57 valence electrons. The maximum atomic E-state index is 7.00. The summed E-state index contributed by atoms with van der Waals surface area (Å²) in [5.41, 5.74) is 0. The molecule has 0 aromatic rings. The normalized spacial score (nSPS) is 2.25. The molecule has 0 bridgehead atoms. The molecule has 0 heterocycles. The molecule has 0 aromatic carbocycles. The third-order valence-corrected chi connectivity index (χ3v) is 0. The van der Waals surface area contributed by atoms with Crippen LogP contribution < -0.4 is 0 Å². The van der Waals surface area contributed by atoms with Gasteiger partial charge in [0.2, 0.25) is 0 Å². The van der Waals surface area contributed by atoms with Crippen LogP contribution in [-0.2, 0) is 19.5 Å². The van der Waals surface area contributed by atoms with E-state index in [1.165, 1.54) is 0 Å². The van der Waals surface area contributed by atoms with Gasteiger partial charge >= 0.3 is 19.5 Å². The first-order valence-electron chi connectivity index (χ1n) is 1.34. The van der Waals surface area contributed by atoms with Crippen molar-refractivity contribution in [2.75, 3.05) is 21.3 Å². The molecule has 3 nitrogen and oxygen atoms in total. The van der Waals surface area contributed by atoms with Crippen molar-refractivity contribution in [2.24, 2.45) is 0 Å². The van der Waals surface area contributed by atoms with Gasteiger partial charge in [0, 0.05) is 21.3 Å². The van der Waals surface area contributed by atoms with E-state index in [1.54, 1.807) is 0 Å². The molecule has 4 heteroatoms. The van der Waals surface area contributed by atoms with E-state index in [2.05, 4.69) is 0 Å². The summed E-state index contributed by atoms with van der Waals surface area (Å²) < 4.78 is 0. The standard InChI is InChI=1S/3CH4O.CH3.Ru/c3*1-2;;/h3*2H,1H3;1H3;/q;;;-1;+1. The van der Waals surface area contributed by atoms with Crippen molar-refractivity contribution in [3.05, 3.63) is 7.43 Å². The van der Waals surface area contributed by atoms with E-state index in [9.17, 15) is 0 Å². The van der Waals surface area contributed by atoms with Crippen molar-refractivity contribution in [1.29, 1.82) is 0 Å². The molecule has 0 saturated heterocycles. The number of rotatable bonds is 0. The average molecular weight is 212 g/mol. The SMILES string of the molecule is CO.CO.CO.[CH3-].[Ru+]. The summed E-state index contributed by atoms with van der Waals surface area (Å²) in [5.74, 6) is 0. The smallest absolute Gasteiger partial charge is 0.400 e. The van der Waals surface area contributed by atoms with E-state index in [1.807, 2.05) is 0 Å². The first kappa shape index (κ1) is 39.0. The first-order chi connectivity index (χ1) is 3.00. The Morgan fingerprint density at radius 1 is 0.625 bits per heavy atom. The summed E-state index contributed by atoms with van der Waals surface area (Å²) >= 11 is 0. The topological polar surface area (TPSA) is 60.7 Å². The third-order valence-electron chi connectivity index (χ3n) is 0. The molecule has 0 aliphatic carbocycles. The van der Waals surface area contributed by atoms with Crippen LogP contribution in [0.3, 0.4) is 0 Å². The van der Waals surface area contributed by atoms with Gasteiger partial charge in [0.25, 0.3) is 0 Å². The second kappa shape index (κ2) is 1250. The van der Waals surface area contributed by atoms with Crippen LogP contribution in [0.4, 0.5) is 0 Å². The molecule has 0 spiro atoms. The Kier molecular flexibility index (Phi) is 6110. The van der Waals surface area contributed by atoms with E-state index in [0.717, 1.165) is 21.3 Å². The molecule has 8 heavy (non-hydrogen) atoms. The van der Waals surface area contributed by atoms with E-state index in [-0.39, 0.29) is 26.9 Å². The van der Waals surface area contributed by atoms with Gasteiger partial charge in [-0.3, -0.25) is 0 Å². The van der Waals surface area contributed by atoms with Crippen molar-refractivity contribution < 1.29 is 34.8 Å². The summed E-state index contributed by atoms with van der Waals surface area (Å²) in [6.07, 6.45) is 0. The van der Waals surface area contributed by atoms with Gasteiger partial charge in [-0.1, -0.05) is 0 Å². The minimum atomic E-state index is 0. The van der Waals surface area contributed by atoms with Gasteiger partial charge in [-0.05, 0) is 0 Å². The van der Waals surface area contributed by atoms with Gasteiger partial charge in [-0.25, -0.2) is 0 Å². The fraction of sp³-hybridized carbons (Fsp3) is 0.750. The van der Waals surface area contributed by atoms with Crippen LogP contribution in [0.5, 0.6) is 0 Å². The molecule has 0 rings (SSSR count). The molecule has 0 aliphatic heterocycles. The molecule has 1 radical (unpaired) electrons. The largest absolute Gasteiger partial charge is 1.00 e. The van der Waals surface area contributed by atoms with Crippen molar-refractivity contribution in [3.63, 3.8) is 0 Å². The molecular formula is C4H15O3Ru. The summed E-state index contributed by atoms with van der Waals surface area (Å²) in [4.78, 5) is 0. The summed E-state index contributed by atoms with van der Waals surface area (Å²) in [6, 6.07) is 0.